The standard InChI is InChI=1S/C7H8N3.Tl/c1-7(2,4-8)6-3-9-5-10-6;/h3,5H,1-2H3;/q-1;+1. The molecule has 0 amide bonds. The van der Waals surface area contributed by atoms with E-state index in [0.717, 1.165) is 31.8 Å². The molecule has 54 valence electrons. The molecule has 0 bridgehead atoms. The Hall–Kier alpha value is -0.378. The van der Waals surface area contributed by atoms with E-state index >= 15 is 0 Å². The summed E-state index contributed by atoms with van der Waals surface area (Å²) in [4.78, 5) is 4.14. The molecule has 1 rings (SSSR count). The van der Waals surface area contributed by atoms with E-state index in [2.05, 4.69) is 11.1 Å². The summed E-state index contributed by atoms with van der Waals surface area (Å²) in [6.07, 6.45) is 3.72. The Labute approximate surface area is 82.2 Å². The molecular formula is C7H8N3Tl. The molecular weight excluding hydrogens is 330 g/mol. The fraction of sp³-hybridized carbons (Fsp3) is 0.429. The van der Waals surface area contributed by atoms with Crippen LogP contribution >= 0.6 is 0 Å². The van der Waals surface area contributed by atoms with Gasteiger partial charge in [-0.15, -0.1) is 0 Å². The number of aromatic nitrogens is 2. The molecule has 0 aromatic carbocycles. The van der Waals surface area contributed by atoms with Crippen LogP contribution in [-0.4, -0.2) is 33.4 Å². The van der Waals surface area contributed by atoms with Crippen molar-refractivity contribution in [2.75, 3.05) is 0 Å². The number of rotatable bonds is 1. The molecule has 0 atom stereocenters. The third-order valence-electron chi connectivity index (χ3n) is 1.52. The van der Waals surface area contributed by atoms with Crippen molar-refractivity contribution >= 4 is 26.1 Å². The predicted molar refractivity (Wildman–Crippen MR) is 42.0 cm³/mol. The van der Waals surface area contributed by atoms with Gasteiger partial charge in [-0.2, -0.15) is 0 Å². The molecule has 1 aromatic heterocycles. The van der Waals surface area contributed by atoms with Crippen LogP contribution in [0.5, 0.6) is 0 Å². The SMILES string of the molecule is CC(C)(C#N)c1c[n]([Tl])cn1. The van der Waals surface area contributed by atoms with Gasteiger partial charge in [-0.25, -0.2) is 0 Å². The van der Waals surface area contributed by atoms with Gasteiger partial charge in [-0.3, -0.25) is 0 Å². The maximum atomic E-state index is 8.77. The molecule has 0 spiro atoms. The van der Waals surface area contributed by atoms with Crippen molar-refractivity contribution in [1.82, 2.24) is 7.36 Å². The molecule has 0 aliphatic carbocycles. The van der Waals surface area contributed by atoms with E-state index in [4.69, 9.17) is 5.26 Å². The maximum absolute atomic E-state index is 8.77. The summed E-state index contributed by atoms with van der Waals surface area (Å²) >= 11 is 0.732. The fourth-order valence-corrected chi connectivity index (χ4v) is 1.52. The van der Waals surface area contributed by atoms with Crippen molar-refractivity contribution in [2.45, 2.75) is 19.3 Å². The Bertz CT molecular complexity index is 295. The van der Waals surface area contributed by atoms with Crippen LogP contribution in [0.1, 0.15) is 19.5 Å². The van der Waals surface area contributed by atoms with Gasteiger partial charge in [0.05, 0.1) is 0 Å². The van der Waals surface area contributed by atoms with Crippen LogP contribution in [0.4, 0.5) is 0 Å². The Balaban J connectivity index is 3.04. The van der Waals surface area contributed by atoms with E-state index in [-0.39, 0.29) is 0 Å². The van der Waals surface area contributed by atoms with Crippen LogP contribution in [0.2, 0.25) is 0 Å². The summed E-state index contributed by atoms with van der Waals surface area (Å²) < 4.78 is 2.01. The molecule has 0 saturated heterocycles. The Morgan fingerprint density at radius 3 is 2.73 bits per heavy atom. The molecule has 0 saturated carbocycles. The van der Waals surface area contributed by atoms with Crippen LogP contribution in [0, 0.1) is 11.3 Å². The summed E-state index contributed by atoms with van der Waals surface area (Å²) in [6, 6.07) is 2.21. The van der Waals surface area contributed by atoms with Crippen LogP contribution < -0.4 is 0 Å². The van der Waals surface area contributed by atoms with Gasteiger partial charge in [0, 0.05) is 0 Å². The molecule has 1 heterocycles. The Kier molecular flexibility index (Phi) is 2.32. The molecule has 0 unspecified atom stereocenters. The van der Waals surface area contributed by atoms with E-state index in [1.165, 1.54) is 0 Å². The second-order valence-electron chi connectivity index (χ2n) is 2.94. The fourth-order valence-electron chi connectivity index (χ4n) is 0.717. The van der Waals surface area contributed by atoms with Crippen molar-refractivity contribution in [3.63, 3.8) is 0 Å². The molecule has 11 heavy (non-hydrogen) atoms. The molecule has 0 aliphatic heterocycles. The monoisotopic (exact) mass is 339 g/mol. The second-order valence-corrected chi connectivity index (χ2v) is 5.26. The van der Waals surface area contributed by atoms with Crippen LogP contribution in [0.15, 0.2) is 12.5 Å². The van der Waals surface area contributed by atoms with E-state index in [1.54, 1.807) is 6.33 Å². The van der Waals surface area contributed by atoms with Crippen molar-refractivity contribution in [2.24, 2.45) is 0 Å². The van der Waals surface area contributed by atoms with Gasteiger partial charge in [-0.1, -0.05) is 0 Å². The average molecular weight is 339 g/mol. The molecule has 4 heteroatoms. The van der Waals surface area contributed by atoms with Gasteiger partial charge in [0.25, 0.3) is 0 Å². The zero-order valence-electron chi connectivity index (χ0n) is 6.57. The normalized spacial score (nSPS) is 10.9. The summed E-state index contributed by atoms with van der Waals surface area (Å²) in [5, 5.41) is 8.77. The average Bonchev–Trinajstić information content (AvgIpc) is 2.36. The van der Waals surface area contributed by atoms with Crippen LogP contribution in [-0.2, 0) is 5.41 Å². The van der Waals surface area contributed by atoms with Gasteiger partial charge in [0.1, 0.15) is 0 Å². The number of nitriles is 1. The van der Waals surface area contributed by atoms with Crippen molar-refractivity contribution in [3.05, 3.63) is 18.2 Å². The quantitative estimate of drug-likeness (QED) is 0.704. The van der Waals surface area contributed by atoms with Crippen LogP contribution in [0.3, 0.4) is 0 Å². The van der Waals surface area contributed by atoms with Gasteiger partial charge in [0.15, 0.2) is 0 Å². The third-order valence-corrected chi connectivity index (χ3v) is 2.62. The van der Waals surface area contributed by atoms with E-state index in [0.29, 0.717) is 0 Å². The number of nitrogens with zero attached hydrogens (tertiary/aromatic N) is 3. The Morgan fingerprint density at radius 2 is 2.36 bits per heavy atom. The third kappa shape index (κ3) is 1.80. The first-order valence-electron chi connectivity index (χ1n) is 3.27. The minimum atomic E-state index is -0.444. The van der Waals surface area contributed by atoms with Gasteiger partial charge in [0.2, 0.25) is 0 Å². The van der Waals surface area contributed by atoms with Gasteiger partial charge >= 0.3 is 82.2 Å². The summed E-state index contributed by atoms with van der Waals surface area (Å²) in [5.74, 6) is 0. The first kappa shape index (κ1) is 8.72. The van der Waals surface area contributed by atoms with E-state index in [1.807, 2.05) is 22.4 Å². The van der Waals surface area contributed by atoms with Gasteiger partial charge in [-0.05, 0) is 0 Å². The second kappa shape index (κ2) is 2.93. The predicted octanol–water partition coefficient (Wildman–Crippen LogP) is 0.616. The Morgan fingerprint density at radius 1 is 1.73 bits per heavy atom. The number of hydrogen-bond donors (Lipinski definition) is 0. The molecule has 0 aliphatic rings. The minimum absolute atomic E-state index is 0.444. The van der Waals surface area contributed by atoms with Gasteiger partial charge < -0.3 is 0 Å². The van der Waals surface area contributed by atoms with Crippen molar-refractivity contribution in [3.8, 4) is 6.07 Å². The number of imidazole rings is 1. The molecule has 0 radical (unpaired) electrons. The zero-order valence-corrected chi connectivity index (χ0v) is 11.1. The molecule has 1 aromatic rings. The first-order chi connectivity index (χ1) is 5.06. The van der Waals surface area contributed by atoms with Crippen molar-refractivity contribution < 1.29 is 0 Å². The van der Waals surface area contributed by atoms with E-state index in [9.17, 15) is 0 Å². The zero-order chi connectivity index (χ0) is 8.48. The molecule has 3 nitrogen and oxygen atoms in total. The number of hydrogen-bond acceptors (Lipinski definition) is 2. The molecule has 0 N–H and O–H groups in total. The summed E-state index contributed by atoms with van der Waals surface area (Å²) in [6.45, 7) is 3.75. The molecule has 0 fully saturated rings. The van der Waals surface area contributed by atoms with Crippen molar-refractivity contribution in [1.29, 1.82) is 5.26 Å². The summed E-state index contributed by atoms with van der Waals surface area (Å²) in [7, 11) is 0. The topological polar surface area (TPSA) is 41.6 Å². The van der Waals surface area contributed by atoms with E-state index < -0.39 is 5.41 Å². The van der Waals surface area contributed by atoms with Crippen LogP contribution in [0.25, 0.3) is 0 Å². The first-order valence-corrected chi connectivity index (χ1v) is 5.28. The summed E-state index contributed by atoms with van der Waals surface area (Å²) in [5.41, 5.74) is 0.419.